The van der Waals surface area contributed by atoms with E-state index in [1.807, 2.05) is 18.2 Å². The van der Waals surface area contributed by atoms with E-state index in [4.69, 9.17) is 4.74 Å². The van der Waals surface area contributed by atoms with Gasteiger partial charge in [-0.2, -0.15) is 0 Å². The van der Waals surface area contributed by atoms with E-state index >= 15 is 0 Å². The van der Waals surface area contributed by atoms with Gasteiger partial charge in [-0.25, -0.2) is 0 Å². The topological polar surface area (TPSA) is 88.1 Å². The van der Waals surface area contributed by atoms with Gasteiger partial charge < -0.3 is 24.8 Å². The molecule has 0 saturated carbocycles. The van der Waals surface area contributed by atoms with Crippen LogP contribution in [0.4, 0.5) is 0 Å². The summed E-state index contributed by atoms with van der Waals surface area (Å²) in [4.78, 5) is 25.0. The lowest BCUT2D eigenvalue weighted by molar-refractivity contribution is -0.149. The fraction of sp³-hybridized carbons (Fsp3) is 0.500. The molecule has 1 fully saturated rings. The van der Waals surface area contributed by atoms with E-state index in [0.29, 0.717) is 18.8 Å². The number of carbonyl (C=O) groups excluding carboxylic acids is 2. The molecule has 1 aromatic carbocycles. The van der Waals surface area contributed by atoms with Crippen LogP contribution in [0.2, 0.25) is 0 Å². The molecular formula is C16H22N2O5. The Morgan fingerprint density at radius 1 is 1.43 bits per heavy atom. The number of piperazine rings is 1. The lowest BCUT2D eigenvalue weighted by Crippen LogP contribution is -2.57. The number of esters is 1. The molecule has 2 unspecified atom stereocenters. The van der Waals surface area contributed by atoms with E-state index < -0.39 is 18.1 Å². The predicted octanol–water partition coefficient (Wildman–Crippen LogP) is -0.210. The van der Waals surface area contributed by atoms with Gasteiger partial charge in [0.15, 0.2) is 0 Å². The van der Waals surface area contributed by atoms with Crippen molar-refractivity contribution in [1.29, 1.82) is 0 Å². The molecule has 1 aliphatic heterocycles. The molecule has 2 rings (SSSR count). The van der Waals surface area contributed by atoms with Crippen molar-refractivity contribution in [3.8, 4) is 5.75 Å². The van der Waals surface area contributed by atoms with Crippen molar-refractivity contribution in [1.82, 2.24) is 10.2 Å². The highest BCUT2D eigenvalue weighted by atomic mass is 16.5. The van der Waals surface area contributed by atoms with Crippen molar-refractivity contribution in [2.24, 2.45) is 0 Å². The number of aliphatic hydroxyl groups excluding tert-OH is 1. The maximum Gasteiger partial charge on any atom is 0.325 e. The molecule has 1 aromatic rings. The van der Waals surface area contributed by atoms with Crippen LogP contribution in [0.15, 0.2) is 30.3 Å². The fourth-order valence-electron chi connectivity index (χ4n) is 2.40. The maximum atomic E-state index is 12.3. The van der Waals surface area contributed by atoms with Crippen LogP contribution in [0.5, 0.6) is 5.75 Å². The number of benzene rings is 1. The number of nitrogens with one attached hydrogen (secondary N) is 1. The molecule has 1 aliphatic rings. The first-order chi connectivity index (χ1) is 11.1. The van der Waals surface area contributed by atoms with Gasteiger partial charge >= 0.3 is 5.97 Å². The summed E-state index contributed by atoms with van der Waals surface area (Å²) >= 11 is 0. The van der Waals surface area contributed by atoms with Gasteiger partial charge in [0, 0.05) is 19.5 Å². The summed E-state index contributed by atoms with van der Waals surface area (Å²) in [6.07, 6.45) is -0.557. The van der Waals surface area contributed by atoms with Crippen LogP contribution in [0.3, 0.4) is 0 Å². The largest absolute Gasteiger partial charge is 0.491 e. The van der Waals surface area contributed by atoms with Gasteiger partial charge in [0.25, 0.3) is 0 Å². The number of rotatable bonds is 7. The van der Waals surface area contributed by atoms with Crippen molar-refractivity contribution >= 4 is 11.9 Å². The lowest BCUT2D eigenvalue weighted by atomic mass is 10.1. The molecule has 2 atom stereocenters. The molecule has 1 saturated heterocycles. The Balaban J connectivity index is 1.81. The standard InChI is InChI=1S/C16H22N2O5/c1-22-15(20)10-18-8-7-17-14(16(18)21)9-12(19)11-23-13-5-3-2-4-6-13/h2-6,12,14,17,19H,7-11H2,1H3. The Morgan fingerprint density at radius 3 is 2.87 bits per heavy atom. The number of nitrogens with zero attached hydrogens (tertiary/aromatic N) is 1. The second-order valence-corrected chi connectivity index (χ2v) is 5.36. The highest BCUT2D eigenvalue weighted by Crippen LogP contribution is 2.12. The Morgan fingerprint density at radius 2 is 2.17 bits per heavy atom. The number of hydrogen-bond acceptors (Lipinski definition) is 6. The van der Waals surface area contributed by atoms with Gasteiger partial charge in [-0.05, 0) is 12.1 Å². The Kier molecular flexibility index (Phi) is 6.37. The van der Waals surface area contributed by atoms with E-state index in [0.717, 1.165) is 0 Å². The first-order valence-electron chi connectivity index (χ1n) is 7.55. The Hall–Kier alpha value is -2.12. The fourth-order valence-corrected chi connectivity index (χ4v) is 2.40. The van der Waals surface area contributed by atoms with E-state index in [2.05, 4.69) is 10.1 Å². The smallest absolute Gasteiger partial charge is 0.325 e. The van der Waals surface area contributed by atoms with Crippen LogP contribution >= 0.6 is 0 Å². The van der Waals surface area contributed by atoms with Crippen molar-refractivity contribution in [3.63, 3.8) is 0 Å². The van der Waals surface area contributed by atoms with Crippen LogP contribution in [0.1, 0.15) is 6.42 Å². The number of ether oxygens (including phenoxy) is 2. The van der Waals surface area contributed by atoms with E-state index in [1.165, 1.54) is 12.0 Å². The minimum Gasteiger partial charge on any atom is -0.491 e. The normalized spacial score (nSPS) is 19.3. The third kappa shape index (κ3) is 5.22. The average molecular weight is 322 g/mol. The van der Waals surface area contributed by atoms with Crippen molar-refractivity contribution in [2.75, 3.05) is 33.4 Å². The summed E-state index contributed by atoms with van der Waals surface area (Å²) < 4.78 is 10.1. The first-order valence-corrected chi connectivity index (χ1v) is 7.55. The molecule has 0 aliphatic carbocycles. The van der Waals surface area contributed by atoms with Gasteiger partial charge in [0.1, 0.15) is 18.9 Å². The summed E-state index contributed by atoms with van der Waals surface area (Å²) in [6, 6.07) is 8.65. The number of aliphatic hydroxyl groups is 1. The molecule has 126 valence electrons. The minimum atomic E-state index is -0.783. The molecule has 0 spiro atoms. The van der Waals surface area contributed by atoms with Gasteiger partial charge in [-0.15, -0.1) is 0 Å². The van der Waals surface area contributed by atoms with Gasteiger partial charge in [0.05, 0.1) is 19.3 Å². The third-order valence-corrected chi connectivity index (χ3v) is 3.62. The Labute approximate surface area is 135 Å². The van der Waals surface area contributed by atoms with E-state index in [9.17, 15) is 14.7 Å². The van der Waals surface area contributed by atoms with Gasteiger partial charge in [-0.1, -0.05) is 18.2 Å². The summed E-state index contributed by atoms with van der Waals surface area (Å²) in [5.41, 5.74) is 0. The highest BCUT2D eigenvalue weighted by Gasteiger charge is 2.31. The molecular weight excluding hydrogens is 300 g/mol. The highest BCUT2D eigenvalue weighted by molar-refractivity contribution is 5.86. The summed E-state index contributed by atoms with van der Waals surface area (Å²) in [7, 11) is 1.29. The minimum absolute atomic E-state index is 0.0654. The predicted molar refractivity (Wildman–Crippen MR) is 82.9 cm³/mol. The molecule has 0 bridgehead atoms. The molecule has 7 heteroatoms. The van der Waals surface area contributed by atoms with Crippen LogP contribution < -0.4 is 10.1 Å². The zero-order valence-electron chi connectivity index (χ0n) is 13.1. The van der Waals surface area contributed by atoms with E-state index in [1.54, 1.807) is 12.1 Å². The maximum absolute atomic E-state index is 12.3. The second-order valence-electron chi connectivity index (χ2n) is 5.36. The van der Waals surface area contributed by atoms with Gasteiger partial charge in [-0.3, -0.25) is 9.59 Å². The molecule has 7 nitrogen and oxygen atoms in total. The van der Waals surface area contributed by atoms with Crippen LogP contribution in [-0.4, -0.2) is 67.4 Å². The summed E-state index contributed by atoms with van der Waals surface area (Å²) in [6.45, 7) is 1.05. The zero-order chi connectivity index (χ0) is 16.7. The van der Waals surface area contributed by atoms with Gasteiger partial charge in [0.2, 0.25) is 5.91 Å². The van der Waals surface area contributed by atoms with Crippen LogP contribution in [-0.2, 0) is 14.3 Å². The molecule has 1 heterocycles. The molecule has 2 N–H and O–H groups in total. The van der Waals surface area contributed by atoms with Crippen molar-refractivity contribution < 1.29 is 24.2 Å². The number of methoxy groups -OCH3 is 1. The molecule has 0 aromatic heterocycles. The Bertz CT molecular complexity index is 522. The zero-order valence-corrected chi connectivity index (χ0v) is 13.1. The van der Waals surface area contributed by atoms with Crippen molar-refractivity contribution in [2.45, 2.75) is 18.6 Å². The number of amides is 1. The quantitative estimate of drug-likeness (QED) is 0.676. The number of para-hydroxylation sites is 1. The average Bonchev–Trinajstić information content (AvgIpc) is 2.57. The first kappa shape index (κ1) is 17.2. The molecule has 23 heavy (non-hydrogen) atoms. The third-order valence-electron chi connectivity index (χ3n) is 3.62. The molecule has 1 amide bonds. The lowest BCUT2D eigenvalue weighted by Gasteiger charge is -2.33. The number of hydrogen-bond donors (Lipinski definition) is 2. The van der Waals surface area contributed by atoms with Crippen molar-refractivity contribution in [3.05, 3.63) is 30.3 Å². The SMILES string of the molecule is COC(=O)CN1CCNC(CC(O)COc2ccccc2)C1=O. The monoisotopic (exact) mass is 322 g/mol. The molecule has 0 radical (unpaired) electrons. The van der Waals surface area contributed by atoms with Crippen LogP contribution in [0, 0.1) is 0 Å². The number of carbonyl (C=O) groups is 2. The van der Waals surface area contributed by atoms with Crippen LogP contribution in [0.25, 0.3) is 0 Å². The second kappa shape index (κ2) is 8.50. The summed E-state index contributed by atoms with van der Waals surface area (Å²) in [5, 5.41) is 13.1. The summed E-state index contributed by atoms with van der Waals surface area (Å²) in [5.74, 6) is 0.00849. The van der Waals surface area contributed by atoms with E-state index in [-0.39, 0.29) is 25.5 Å².